The van der Waals surface area contributed by atoms with Crippen molar-refractivity contribution in [3.05, 3.63) is 24.3 Å². The summed E-state index contributed by atoms with van der Waals surface area (Å²) in [5.41, 5.74) is 3.20. The van der Waals surface area contributed by atoms with E-state index in [0.717, 1.165) is 6.26 Å². The summed E-state index contributed by atoms with van der Waals surface area (Å²) in [6, 6.07) is 6.88. The van der Waals surface area contributed by atoms with E-state index in [1.54, 1.807) is 31.4 Å². The van der Waals surface area contributed by atoms with Gasteiger partial charge >= 0.3 is 0 Å². The van der Waals surface area contributed by atoms with Gasteiger partial charge in [0.25, 0.3) is 11.6 Å². The summed E-state index contributed by atoms with van der Waals surface area (Å²) in [4.78, 5) is 0. The number of nitrogens with zero attached hydrogens (tertiary/aromatic N) is 3. The predicted molar refractivity (Wildman–Crippen MR) is 78.4 cm³/mol. The Hall–Kier alpha value is -1.88. The summed E-state index contributed by atoms with van der Waals surface area (Å²) >= 11 is 0. The van der Waals surface area contributed by atoms with E-state index < -0.39 is 16.3 Å². The van der Waals surface area contributed by atoms with Gasteiger partial charge < -0.3 is 14.2 Å². The van der Waals surface area contributed by atoms with Crippen molar-refractivity contribution in [3.63, 3.8) is 0 Å². The molecule has 22 heavy (non-hydrogen) atoms. The second-order valence-corrected chi connectivity index (χ2v) is 6.58. The molecule has 120 valence electrons. The summed E-state index contributed by atoms with van der Waals surface area (Å²) in [5.74, 6) is 0.661. The summed E-state index contributed by atoms with van der Waals surface area (Å²) in [7, 11) is -1.99. The highest BCUT2D eigenvalue weighted by Crippen LogP contribution is 2.26. The summed E-state index contributed by atoms with van der Waals surface area (Å²) < 4.78 is 39.8. The normalized spacial score (nSPS) is 20.1. The first kappa shape index (κ1) is 15.0. The van der Waals surface area contributed by atoms with Crippen molar-refractivity contribution in [1.82, 2.24) is 10.7 Å². The maximum Gasteiger partial charge on any atom is 0.263 e. The van der Waals surface area contributed by atoms with Crippen molar-refractivity contribution >= 4 is 20.7 Å². The van der Waals surface area contributed by atoms with Gasteiger partial charge in [-0.15, -0.1) is 5.10 Å². The Morgan fingerprint density at radius 3 is 2.45 bits per heavy atom. The SMILES string of the molecule is COc1ccc(N2C(S(C)(=O)=O)=NNN2C2OCCO2)cc1. The average Bonchev–Trinajstić information content (AvgIpc) is 3.15. The van der Waals surface area contributed by atoms with Gasteiger partial charge in [-0.2, -0.15) is 0 Å². The third-order valence-corrected chi connectivity index (χ3v) is 4.02. The molecular formula is C12H16N4O5S. The summed E-state index contributed by atoms with van der Waals surface area (Å²) in [6.07, 6.45) is 0.328. The Labute approximate surface area is 127 Å². The van der Waals surface area contributed by atoms with E-state index in [9.17, 15) is 8.42 Å². The average molecular weight is 328 g/mol. The van der Waals surface area contributed by atoms with Gasteiger partial charge in [0.1, 0.15) is 5.75 Å². The Morgan fingerprint density at radius 1 is 1.27 bits per heavy atom. The van der Waals surface area contributed by atoms with Crippen LogP contribution >= 0.6 is 0 Å². The van der Waals surface area contributed by atoms with Crippen LogP contribution in [0.25, 0.3) is 0 Å². The molecule has 0 amide bonds. The maximum atomic E-state index is 12.0. The van der Waals surface area contributed by atoms with E-state index in [1.165, 1.54) is 10.1 Å². The molecule has 1 fully saturated rings. The molecule has 3 rings (SSSR count). The minimum absolute atomic E-state index is 0.142. The molecule has 0 radical (unpaired) electrons. The first-order chi connectivity index (χ1) is 10.5. The van der Waals surface area contributed by atoms with Gasteiger partial charge in [-0.05, 0) is 24.3 Å². The van der Waals surface area contributed by atoms with Gasteiger partial charge in [0, 0.05) is 6.26 Å². The van der Waals surface area contributed by atoms with Crippen LogP contribution in [0.5, 0.6) is 5.75 Å². The van der Waals surface area contributed by atoms with E-state index >= 15 is 0 Å². The second kappa shape index (κ2) is 5.72. The van der Waals surface area contributed by atoms with Crippen molar-refractivity contribution in [3.8, 4) is 5.75 Å². The van der Waals surface area contributed by atoms with Crippen LogP contribution < -0.4 is 15.3 Å². The smallest absolute Gasteiger partial charge is 0.263 e. The molecule has 1 aromatic carbocycles. The number of hydrazine groups is 2. The van der Waals surface area contributed by atoms with Crippen LogP contribution in [0.15, 0.2) is 29.4 Å². The number of nitrogens with one attached hydrogen (secondary N) is 1. The highest BCUT2D eigenvalue weighted by molar-refractivity contribution is 8.06. The molecule has 1 saturated heterocycles. The van der Waals surface area contributed by atoms with Crippen molar-refractivity contribution in [2.75, 3.05) is 31.6 Å². The zero-order valence-corrected chi connectivity index (χ0v) is 12.9. The predicted octanol–water partition coefficient (Wildman–Crippen LogP) is -0.117. The largest absolute Gasteiger partial charge is 0.497 e. The summed E-state index contributed by atoms with van der Waals surface area (Å²) in [5, 5.41) is 6.50. The molecule has 0 aromatic heterocycles. The van der Waals surface area contributed by atoms with Crippen LogP contribution in [0.4, 0.5) is 5.69 Å². The number of rotatable bonds is 3. The first-order valence-corrected chi connectivity index (χ1v) is 8.40. The molecule has 0 saturated carbocycles. The Kier molecular flexibility index (Phi) is 3.91. The number of ether oxygens (including phenoxy) is 3. The fourth-order valence-corrected chi connectivity index (χ4v) is 2.82. The molecule has 2 heterocycles. The van der Waals surface area contributed by atoms with E-state index in [2.05, 4.69) is 10.6 Å². The molecule has 0 aliphatic carbocycles. The fourth-order valence-electron chi connectivity index (χ4n) is 2.11. The van der Waals surface area contributed by atoms with Gasteiger partial charge in [-0.1, -0.05) is 5.12 Å². The van der Waals surface area contributed by atoms with Crippen LogP contribution in [0, 0.1) is 0 Å². The number of hydrazone groups is 1. The van der Waals surface area contributed by atoms with Crippen LogP contribution in [-0.4, -0.2) is 51.7 Å². The molecule has 10 heteroatoms. The van der Waals surface area contributed by atoms with Crippen molar-refractivity contribution in [2.45, 2.75) is 6.41 Å². The monoisotopic (exact) mass is 328 g/mol. The molecule has 2 aliphatic rings. The van der Waals surface area contributed by atoms with E-state index in [1.807, 2.05) is 0 Å². The lowest BCUT2D eigenvalue weighted by molar-refractivity contribution is -0.167. The zero-order chi connectivity index (χ0) is 15.7. The van der Waals surface area contributed by atoms with E-state index in [4.69, 9.17) is 14.2 Å². The maximum absolute atomic E-state index is 12.0. The number of benzene rings is 1. The lowest BCUT2D eigenvalue weighted by Crippen LogP contribution is -2.53. The number of sulfone groups is 1. The van der Waals surface area contributed by atoms with Crippen molar-refractivity contribution in [2.24, 2.45) is 5.10 Å². The van der Waals surface area contributed by atoms with Gasteiger partial charge in [0.2, 0.25) is 9.84 Å². The van der Waals surface area contributed by atoms with Crippen LogP contribution in [0.2, 0.25) is 0 Å². The number of amidine groups is 1. The molecule has 0 atom stereocenters. The molecule has 2 aliphatic heterocycles. The number of anilines is 1. The van der Waals surface area contributed by atoms with Crippen LogP contribution in [-0.2, 0) is 19.3 Å². The highest BCUT2D eigenvalue weighted by Gasteiger charge is 2.40. The number of hydrogen-bond acceptors (Lipinski definition) is 9. The van der Waals surface area contributed by atoms with Crippen LogP contribution in [0.3, 0.4) is 0 Å². The Balaban J connectivity index is 1.96. The van der Waals surface area contributed by atoms with Gasteiger partial charge in [0.05, 0.1) is 26.0 Å². The van der Waals surface area contributed by atoms with Crippen LogP contribution in [0.1, 0.15) is 0 Å². The molecular weight excluding hydrogens is 312 g/mol. The molecule has 0 spiro atoms. The molecule has 0 bridgehead atoms. The van der Waals surface area contributed by atoms with Gasteiger partial charge in [0.15, 0.2) is 0 Å². The van der Waals surface area contributed by atoms with E-state index in [-0.39, 0.29) is 5.17 Å². The third kappa shape index (κ3) is 2.73. The topological polar surface area (TPSA) is 92.7 Å². The molecule has 1 N–H and O–H groups in total. The lowest BCUT2D eigenvalue weighted by atomic mass is 10.3. The number of methoxy groups -OCH3 is 1. The second-order valence-electron chi connectivity index (χ2n) is 4.67. The Bertz CT molecular complexity index is 669. The third-order valence-electron chi connectivity index (χ3n) is 3.10. The first-order valence-electron chi connectivity index (χ1n) is 6.50. The highest BCUT2D eigenvalue weighted by atomic mass is 32.2. The minimum atomic E-state index is -3.55. The molecule has 0 unspecified atom stereocenters. The fraction of sp³-hybridized carbons (Fsp3) is 0.417. The molecule has 9 nitrogen and oxygen atoms in total. The van der Waals surface area contributed by atoms with Crippen molar-refractivity contribution in [1.29, 1.82) is 0 Å². The molecule has 1 aromatic rings. The van der Waals surface area contributed by atoms with E-state index in [0.29, 0.717) is 24.7 Å². The van der Waals surface area contributed by atoms with Crippen molar-refractivity contribution < 1.29 is 22.6 Å². The number of hydrogen-bond donors (Lipinski definition) is 1. The zero-order valence-electron chi connectivity index (χ0n) is 12.1. The quantitative estimate of drug-likeness (QED) is 0.821. The Morgan fingerprint density at radius 2 is 1.91 bits per heavy atom. The van der Waals surface area contributed by atoms with Gasteiger partial charge in [-0.25, -0.2) is 19.0 Å². The van der Waals surface area contributed by atoms with Gasteiger partial charge in [-0.3, -0.25) is 0 Å². The standard InChI is InChI=1S/C12H16N4O5S/c1-19-10-5-3-9(4-6-10)15-11(22(2,17)18)13-14-16(15)12-20-7-8-21-12/h3-6,12,14H,7-8H2,1-2H3. The lowest BCUT2D eigenvalue weighted by Gasteiger charge is -2.31. The minimum Gasteiger partial charge on any atom is -0.497 e. The summed E-state index contributed by atoms with van der Waals surface area (Å²) in [6.45, 7) is 0.848.